The lowest BCUT2D eigenvalue weighted by Crippen LogP contribution is -2.34. The van der Waals surface area contributed by atoms with Crippen LogP contribution in [0.5, 0.6) is 0 Å². The van der Waals surface area contributed by atoms with Crippen molar-refractivity contribution in [2.75, 3.05) is 0 Å². The van der Waals surface area contributed by atoms with Crippen LogP contribution in [-0.2, 0) is 14.4 Å². The summed E-state index contributed by atoms with van der Waals surface area (Å²) in [5.41, 5.74) is 0.203. The van der Waals surface area contributed by atoms with Crippen molar-refractivity contribution in [3.8, 4) is 0 Å². The lowest BCUT2D eigenvalue weighted by atomic mass is 10.1. The maximum absolute atomic E-state index is 12.5. The molecule has 24 heavy (non-hydrogen) atoms. The van der Waals surface area contributed by atoms with Gasteiger partial charge in [0.2, 0.25) is 0 Å². The average molecular weight is 343 g/mol. The number of alkyl halides is 3. The monoisotopic (exact) mass is 343 g/mol. The third-order valence-corrected chi connectivity index (χ3v) is 3.82. The van der Waals surface area contributed by atoms with Crippen LogP contribution in [0.3, 0.4) is 0 Å². The number of carbonyl (C=O) groups is 3. The number of amides is 2. The Bertz CT molecular complexity index is 668. The van der Waals surface area contributed by atoms with Crippen LogP contribution in [0.15, 0.2) is 24.3 Å². The van der Waals surface area contributed by atoms with Crippen molar-refractivity contribution in [2.24, 2.45) is 0 Å². The van der Waals surface area contributed by atoms with Crippen LogP contribution >= 0.6 is 0 Å². The van der Waals surface area contributed by atoms with Gasteiger partial charge in [0.1, 0.15) is 0 Å². The minimum Gasteiger partial charge on any atom is -0.365 e. The Labute approximate surface area is 134 Å². The Morgan fingerprint density at radius 2 is 1.75 bits per heavy atom. The average Bonchev–Trinajstić information content (AvgIpc) is 3.07. The molecule has 2 heterocycles. The van der Waals surface area contributed by atoms with Gasteiger partial charge in [-0.25, -0.2) is 4.79 Å². The SMILES string of the molecule is O=C(CC1CCC(C(F)(F)F)O1)ON1C(=O)c2ccccc2C1=O. The fourth-order valence-electron chi connectivity index (χ4n) is 2.67. The molecule has 1 saturated heterocycles. The van der Waals surface area contributed by atoms with Crippen LogP contribution in [0.1, 0.15) is 40.0 Å². The van der Waals surface area contributed by atoms with Gasteiger partial charge in [-0.2, -0.15) is 13.2 Å². The minimum absolute atomic E-state index is 0.0431. The molecule has 1 aromatic carbocycles. The zero-order valence-electron chi connectivity index (χ0n) is 12.2. The van der Waals surface area contributed by atoms with Crippen molar-refractivity contribution in [3.63, 3.8) is 0 Å². The molecule has 9 heteroatoms. The minimum atomic E-state index is -4.48. The molecule has 0 spiro atoms. The molecule has 128 valence electrons. The number of fused-ring (bicyclic) bond motifs is 1. The molecule has 0 N–H and O–H groups in total. The molecule has 2 atom stereocenters. The topological polar surface area (TPSA) is 72.9 Å². The normalized spacial score (nSPS) is 23.5. The van der Waals surface area contributed by atoms with Gasteiger partial charge in [-0.05, 0) is 25.0 Å². The van der Waals surface area contributed by atoms with Crippen molar-refractivity contribution in [1.82, 2.24) is 5.06 Å². The van der Waals surface area contributed by atoms with E-state index in [9.17, 15) is 27.6 Å². The van der Waals surface area contributed by atoms with E-state index in [0.29, 0.717) is 5.06 Å². The molecular weight excluding hydrogens is 331 g/mol. The van der Waals surface area contributed by atoms with E-state index < -0.39 is 42.6 Å². The number of imide groups is 1. The molecule has 2 amide bonds. The summed E-state index contributed by atoms with van der Waals surface area (Å²) >= 11 is 0. The number of nitrogens with zero attached hydrogens (tertiary/aromatic N) is 1. The summed E-state index contributed by atoms with van der Waals surface area (Å²) in [5.74, 6) is -2.58. The summed E-state index contributed by atoms with van der Waals surface area (Å²) < 4.78 is 42.3. The van der Waals surface area contributed by atoms with E-state index in [1.54, 1.807) is 12.1 Å². The zero-order valence-corrected chi connectivity index (χ0v) is 12.2. The second-order valence-electron chi connectivity index (χ2n) is 5.48. The number of benzene rings is 1. The second kappa shape index (κ2) is 5.90. The Balaban J connectivity index is 1.59. The summed E-state index contributed by atoms with van der Waals surface area (Å²) in [6, 6.07) is 5.94. The van der Waals surface area contributed by atoms with E-state index in [4.69, 9.17) is 9.57 Å². The maximum Gasteiger partial charge on any atom is 0.414 e. The van der Waals surface area contributed by atoms with Crippen LogP contribution in [-0.4, -0.2) is 41.2 Å². The Morgan fingerprint density at radius 1 is 1.17 bits per heavy atom. The molecule has 0 saturated carbocycles. The first kappa shape index (κ1) is 16.4. The van der Waals surface area contributed by atoms with E-state index in [2.05, 4.69) is 0 Å². The third-order valence-electron chi connectivity index (χ3n) is 3.82. The Hall–Kier alpha value is -2.42. The van der Waals surface area contributed by atoms with Gasteiger partial charge in [0.15, 0.2) is 6.10 Å². The molecule has 2 aliphatic rings. The molecule has 2 aliphatic heterocycles. The highest BCUT2D eigenvalue weighted by atomic mass is 19.4. The second-order valence-corrected chi connectivity index (χ2v) is 5.48. The van der Waals surface area contributed by atoms with Gasteiger partial charge in [-0.3, -0.25) is 9.59 Å². The number of hydroxylamine groups is 2. The van der Waals surface area contributed by atoms with Crippen LogP contribution in [0.4, 0.5) is 13.2 Å². The quantitative estimate of drug-likeness (QED) is 0.787. The van der Waals surface area contributed by atoms with E-state index >= 15 is 0 Å². The summed E-state index contributed by atoms with van der Waals surface area (Å²) in [6.45, 7) is 0. The first-order valence-corrected chi connectivity index (χ1v) is 7.18. The number of halogens is 3. The van der Waals surface area contributed by atoms with Gasteiger partial charge >= 0.3 is 12.1 Å². The Morgan fingerprint density at radius 3 is 2.25 bits per heavy atom. The summed E-state index contributed by atoms with van der Waals surface area (Å²) in [6.07, 6.45) is -8.02. The van der Waals surface area contributed by atoms with Crippen LogP contribution in [0.25, 0.3) is 0 Å². The number of carbonyl (C=O) groups excluding carboxylic acids is 3. The molecule has 3 rings (SSSR count). The van der Waals surface area contributed by atoms with Crippen molar-refractivity contribution >= 4 is 17.8 Å². The van der Waals surface area contributed by atoms with E-state index in [-0.39, 0.29) is 24.0 Å². The lowest BCUT2D eigenvalue weighted by molar-refractivity contribution is -0.217. The van der Waals surface area contributed by atoms with Gasteiger partial charge in [0.05, 0.1) is 23.7 Å². The first-order valence-electron chi connectivity index (χ1n) is 7.18. The fourth-order valence-corrected chi connectivity index (χ4v) is 2.67. The van der Waals surface area contributed by atoms with Gasteiger partial charge < -0.3 is 9.57 Å². The highest BCUT2D eigenvalue weighted by Crippen LogP contribution is 2.34. The number of hydrogen-bond acceptors (Lipinski definition) is 5. The van der Waals surface area contributed by atoms with Gasteiger partial charge in [-0.1, -0.05) is 17.2 Å². The lowest BCUT2D eigenvalue weighted by Gasteiger charge is -2.17. The molecule has 1 aromatic rings. The molecule has 2 unspecified atom stereocenters. The largest absolute Gasteiger partial charge is 0.414 e. The van der Waals surface area contributed by atoms with E-state index in [1.807, 2.05) is 0 Å². The number of ether oxygens (including phenoxy) is 1. The van der Waals surface area contributed by atoms with Crippen LogP contribution < -0.4 is 0 Å². The van der Waals surface area contributed by atoms with Crippen molar-refractivity contribution in [3.05, 3.63) is 35.4 Å². The third kappa shape index (κ3) is 2.99. The Kier molecular flexibility index (Phi) is 4.04. The van der Waals surface area contributed by atoms with Gasteiger partial charge in [0, 0.05) is 0 Å². The van der Waals surface area contributed by atoms with Gasteiger partial charge in [0.25, 0.3) is 11.8 Å². The van der Waals surface area contributed by atoms with Gasteiger partial charge in [-0.15, -0.1) is 0 Å². The molecule has 0 aliphatic carbocycles. The molecule has 1 fully saturated rings. The van der Waals surface area contributed by atoms with E-state index in [0.717, 1.165) is 0 Å². The fraction of sp³-hybridized carbons (Fsp3) is 0.400. The highest BCUT2D eigenvalue weighted by Gasteiger charge is 2.46. The molecule has 0 radical (unpaired) electrons. The van der Waals surface area contributed by atoms with Crippen molar-refractivity contribution in [2.45, 2.75) is 37.6 Å². The molecule has 6 nitrogen and oxygen atoms in total. The number of rotatable bonds is 3. The predicted molar refractivity (Wildman–Crippen MR) is 71.6 cm³/mol. The number of hydrogen-bond donors (Lipinski definition) is 0. The smallest absolute Gasteiger partial charge is 0.365 e. The zero-order chi connectivity index (χ0) is 17.5. The van der Waals surface area contributed by atoms with Crippen LogP contribution in [0, 0.1) is 0 Å². The van der Waals surface area contributed by atoms with E-state index in [1.165, 1.54) is 12.1 Å². The molecule has 0 bridgehead atoms. The van der Waals surface area contributed by atoms with Crippen molar-refractivity contribution < 1.29 is 37.1 Å². The standard InChI is InChI=1S/C15H12F3NO5/c16-15(17,18)11-6-5-8(23-11)7-12(20)24-19-13(21)9-3-1-2-4-10(9)14(19)22/h1-4,8,11H,5-7H2. The summed E-state index contributed by atoms with van der Waals surface area (Å²) in [7, 11) is 0. The maximum atomic E-state index is 12.5. The molecule has 0 aromatic heterocycles. The molecular formula is C15H12F3NO5. The van der Waals surface area contributed by atoms with Crippen molar-refractivity contribution in [1.29, 1.82) is 0 Å². The highest BCUT2D eigenvalue weighted by molar-refractivity contribution is 6.20. The summed E-state index contributed by atoms with van der Waals surface area (Å²) in [4.78, 5) is 40.6. The first-order chi connectivity index (χ1) is 11.3. The van der Waals surface area contributed by atoms with Crippen LogP contribution in [0.2, 0.25) is 0 Å². The predicted octanol–water partition coefficient (Wildman–Crippen LogP) is 2.24. The summed E-state index contributed by atoms with van der Waals surface area (Å²) in [5, 5.41) is 0.323.